The van der Waals surface area contributed by atoms with Gasteiger partial charge in [0.2, 0.25) is 5.91 Å². The van der Waals surface area contributed by atoms with Crippen LogP contribution in [0.3, 0.4) is 0 Å². The highest BCUT2D eigenvalue weighted by Crippen LogP contribution is 2.21. The van der Waals surface area contributed by atoms with Crippen molar-refractivity contribution in [3.8, 4) is 0 Å². The predicted molar refractivity (Wildman–Crippen MR) is 106 cm³/mol. The first-order valence-corrected chi connectivity index (χ1v) is 10.3. The zero-order chi connectivity index (χ0) is 19.2. The van der Waals surface area contributed by atoms with Gasteiger partial charge in [-0.1, -0.05) is 37.7 Å². The summed E-state index contributed by atoms with van der Waals surface area (Å²) in [5.41, 5.74) is 1.76. The van der Waals surface area contributed by atoms with Gasteiger partial charge in [0.05, 0.1) is 18.4 Å². The van der Waals surface area contributed by atoms with E-state index in [4.69, 9.17) is 4.74 Å². The molecule has 1 fully saturated rings. The van der Waals surface area contributed by atoms with E-state index < -0.39 is 0 Å². The van der Waals surface area contributed by atoms with Crippen LogP contribution in [0, 0.1) is 0 Å². The Kier molecular flexibility index (Phi) is 6.73. The Bertz CT molecular complexity index is 809. The van der Waals surface area contributed by atoms with Crippen LogP contribution in [0.1, 0.15) is 44.6 Å². The van der Waals surface area contributed by atoms with E-state index in [1.54, 1.807) is 4.57 Å². The van der Waals surface area contributed by atoms with Crippen molar-refractivity contribution in [3.63, 3.8) is 0 Å². The molecule has 0 unspecified atom stereocenters. The number of nitrogens with one attached hydrogen (secondary N) is 2. The van der Waals surface area contributed by atoms with Gasteiger partial charge in [0, 0.05) is 12.3 Å². The van der Waals surface area contributed by atoms with Crippen LogP contribution < -0.4 is 11.0 Å². The third kappa shape index (κ3) is 5.23. The summed E-state index contributed by atoms with van der Waals surface area (Å²) in [6.45, 7) is 5.55. The first kappa shape index (κ1) is 19.7. The number of rotatable bonds is 8. The maximum absolute atomic E-state index is 12.2. The number of aromatic amines is 1. The second-order valence-electron chi connectivity index (χ2n) is 6.83. The fraction of sp³-hybridized carbons (Fsp3) is 0.526. The van der Waals surface area contributed by atoms with Gasteiger partial charge in [-0.15, -0.1) is 5.10 Å². The average Bonchev–Trinajstić information content (AvgIpc) is 3.31. The Morgan fingerprint density at radius 2 is 2.22 bits per heavy atom. The molecule has 1 aliphatic rings. The smallest absolute Gasteiger partial charge is 0.344 e. The fourth-order valence-electron chi connectivity index (χ4n) is 3.02. The molecule has 1 aromatic carbocycles. The monoisotopic (exact) mass is 390 g/mol. The molecule has 27 heavy (non-hydrogen) atoms. The molecule has 2 N–H and O–H groups in total. The SMILES string of the molecule is CC[C@H](C)c1ccc(NC(=O)CSc2n[nH]c(=O)n2C[C@H]2CCCO2)cc1. The van der Waals surface area contributed by atoms with Crippen LogP contribution in [0.4, 0.5) is 5.69 Å². The summed E-state index contributed by atoms with van der Waals surface area (Å²) < 4.78 is 7.14. The maximum atomic E-state index is 12.2. The van der Waals surface area contributed by atoms with Gasteiger partial charge in [-0.25, -0.2) is 9.89 Å². The Hall–Kier alpha value is -2.06. The summed E-state index contributed by atoms with van der Waals surface area (Å²) in [5.74, 6) is 0.559. The average molecular weight is 391 g/mol. The molecule has 1 amide bonds. The number of benzene rings is 1. The molecule has 1 saturated heterocycles. The van der Waals surface area contributed by atoms with Gasteiger partial charge >= 0.3 is 5.69 Å². The zero-order valence-electron chi connectivity index (χ0n) is 15.7. The standard InChI is InChI=1S/C19H26N4O3S/c1-3-13(2)14-6-8-15(9-7-14)20-17(24)12-27-19-22-21-18(25)23(19)11-16-5-4-10-26-16/h6-9,13,16H,3-5,10-12H2,1-2H3,(H,20,24)(H,21,25)/t13-,16+/m0/s1. The van der Waals surface area contributed by atoms with Crippen molar-refractivity contribution in [1.82, 2.24) is 14.8 Å². The molecular weight excluding hydrogens is 364 g/mol. The second kappa shape index (κ2) is 9.23. The lowest BCUT2D eigenvalue weighted by Gasteiger charge is -2.11. The van der Waals surface area contributed by atoms with E-state index in [9.17, 15) is 9.59 Å². The molecule has 2 aromatic rings. The number of ether oxygens (including phenoxy) is 1. The molecule has 2 heterocycles. The van der Waals surface area contributed by atoms with Crippen molar-refractivity contribution in [3.05, 3.63) is 40.3 Å². The number of nitrogens with zero attached hydrogens (tertiary/aromatic N) is 2. The number of anilines is 1. The molecule has 0 radical (unpaired) electrons. The third-order valence-electron chi connectivity index (χ3n) is 4.84. The molecule has 0 bridgehead atoms. The number of carbonyl (C=O) groups excluding carboxylic acids is 1. The summed E-state index contributed by atoms with van der Waals surface area (Å²) in [5, 5.41) is 9.88. The van der Waals surface area contributed by atoms with E-state index in [-0.39, 0.29) is 23.5 Å². The van der Waals surface area contributed by atoms with Crippen molar-refractivity contribution in [2.45, 2.75) is 56.8 Å². The van der Waals surface area contributed by atoms with E-state index in [0.29, 0.717) is 17.6 Å². The molecule has 7 nitrogen and oxygen atoms in total. The highest BCUT2D eigenvalue weighted by atomic mass is 32.2. The van der Waals surface area contributed by atoms with Gasteiger partial charge in [0.15, 0.2) is 5.16 Å². The fourth-order valence-corrected chi connectivity index (χ4v) is 3.78. The molecular formula is C19H26N4O3S. The molecule has 1 aromatic heterocycles. The second-order valence-corrected chi connectivity index (χ2v) is 7.77. The van der Waals surface area contributed by atoms with Crippen molar-refractivity contribution >= 4 is 23.4 Å². The zero-order valence-corrected chi connectivity index (χ0v) is 16.6. The Morgan fingerprint density at radius 3 is 2.89 bits per heavy atom. The topological polar surface area (TPSA) is 89.0 Å². The van der Waals surface area contributed by atoms with Crippen molar-refractivity contribution in [2.24, 2.45) is 0 Å². The number of hydrogen-bond acceptors (Lipinski definition) is 5. The summed E-state index contributed by atoms with van der Waals surface area (Å²) in [7, 11) is 0. The summed E-state index contributed by atoms with van der Waals surface area (Å²) in [6.07, 6.45) is 3.07. The minimum absolute atomic E-state index is 0.0394. The summed E-state index contributed by atoms with van der Waals surface area (Å²) >= 11 is 1.24. The first-order valence-electron chi connectivity index (χ1n) is 9.36. The van der Waals surface area contributed by atoms with E-state index >= 15 is 0 Å². The van der Waals surface area contributed by atoms with Gasteiger partial charge in [-0.05, 0) is 42.9 Å². The minimum Gasteiger partial charge on any atom is -0.376 e. The number of H-pyrrole nitrogens is 1. The van der Waals surface area contributed by atoms with Crippen LogP contribution in [-0.4, -0.2) is 39.1 Å². The van der Waals surface area contributed by atoms with Crippen molar-refractivity contribution < 1.29 is 9.53 Å². The van der Waals surface area contributed by atoms with Crippen molar-refractivity contribution in [1.29, 1.82) is 0 Å². The molecule has 1 aliphatic heterocycles. The van der Waals surface area contributed by atoms with Crippen LogP contribution >= 0.6 is 11.8 Å². The number of amides is 1. The molecule has 2 atom stereocenters. The van der Waals surface area contributed by atoms with Gasteiger partial charge in [-0.3, -0.25) is 9.36 Å². The molecule has 3 rings (SSSR count). The van der Waals surface area contributed by atoms with Gasteiger partial charge in [-0.2, -0.15) is 0 Å². The number of thioether (sulfide) groups is 1. The van der Waals surface area contributed by atoms with Crippen LogP contribution in [0.2, 0.25) is 0 Å². The molecule has 0 aliphatic carbocycles. The molecule has 8 heteroatoms. The third-order valence-corrected chi connectivity index (χ3v) is 5.82. The molecule has 0 saturated carbocycles. The lowest BCUT2D eigenvalue weighted by Crippen LogP contribution is -2.25. The van der Waals surface area contributed by atoms with Gasteiger partial charge in [0.25, 0.3) is 0 Å². The number of carbonyl (C=O) groups is 1. The van der Waals surface area contributed by atoms with Gasteiger partial charge < -0.3 is 10.1 Å². The summed E-state index contributed by atoms with van der Waals surface area (Å²) in [6, 6.07) is 7.94. The highest BCUT2D eigenvalue weighted by Gasteiger charge is 2.20. The largest absolute Gasteiger partial charge is 0.376 e. The minimum atomic E-state index is -0.269. The van der Waals surface area contributed by atoms with E-state index in [1.165, 1.54) is 17.3 Å². The number of hydrogen-bond donors (Lipinski definition) is 2. The molecule has 0 spiro atoms. The van der Waals surface area contributed by atoms with Crippen LogP contribution in [-0.2, 0) is 16.1 Å². The van der Waals surface area contributed by atoms with E-state index in [1.807, 2.05) is 24.3 Å². The highest BCUT2D eigenvalue weighted by molar-refractivity contribution is 7.99. The Morgan fingerprint density at radius 1 is 1.44 bits per heavy atom. The van der Waals surface area contributed by atoms with E-state index in [2.05, 4.69) is 29.4 Å². The first-order chi connectivity index (χ1) is 13.1. The molecule has 146 valence electrons. The van der Waals surface area contributed by atoms with Crippen LogP contribution in [0.5, 0.6) is 0 Å². The Labute approximate surface area is 162 Å². The summed E-state index contributed by atoms with van der Waals surface area (Å²) in [4.78, 5) is 24.2. The van der Waals surface area contributed by atoms with E-state index in [0.717, 1.165) is 31.6 Å². The Balaban J connectivity index is 1.54. The number of aromatic nitrogens is 3. The predicted octanol–water partition coefficient (Wildman–Crippen LogP) is 2.99. The lowest BCUT2D eigenvalue weighted by atomic mass is 9.99. The van der Waals surface area contributed by atoms with Crippen LogP contribution in [0.15, 0.2) is 34.2 Å². The lowest BCUT2D eigenvalue weighted by molar-refractivity contribution is -0.113. The van der Waals surface area contributed by atoms with Crippen LogP contribution in [0.25, 0.3) is 0 Å². The van der Waals surface area contributed by atoms with Crippen molar-refractivity contribution in [2.75, 3.05) is 17.7 Å². The quantitative estimate of drug-likeness (QED) is 0.677. The normalized spacial score (nSPS) is 17.8. The maximum Gasteiger partial charge on any atom is 0.344 e. The van der Waals surface area contributed by atoms with Gasteiger partial charge in [0.1, 0.15) is 0 Å².